The lowest BCUT2D eigenvalue weighted by molar-refractivity contribution is -0.384. The van der Waals surface area contributed by atoms with Crippen LogP contribution in [0.25, 0.3) is 11.3 Å². The summed E-state index contributed by atoms with van der Waals surface area (Å²) >= 11 is 13.4. The van der Waals surface area contributed by atoms with Crippen molar-refractivity contribution in [3.8, 4) is 11.3 Å². The van der Waals surface area contributed by atoms with Crippen molar-refractivity contribution in [3.63, 3.8) is 0 Å². The van der Waals surface area contributed by atoms with Gasteiger partial charge in [-0.15, -0.1) is 11.3 Å². The molecule has 0 radical (unpaired) electrons. The molecular weight excluding hydrogens is 452 g/mol. The molecular formula is C22H21ClN4O2S2. The first-order chi connectivity index (χ1) is 14.9. The van der Waals surface area contributed by atoms with Crippen LogP contribution >= 0.6 is 35.2 Å². The van der Waals surface area contributed by atoms with E-state index >= 15 is 0 Å². The van der Waals surface area contributed by atoms with Gasteiger partial charge in [0.05, 0.1) is 21.2 Å². The minimum absolute atomic E-state index is 0.0851. The summed E-state index contributed by atoms with van der Waals surface area (Å²) in [4.78, 5) is 17.9. The summed E-state index contributed by atoms with van der Waals surface area (Å²) in [6, 6.07) is 12.5. The number of para-hydroxylation sites is 1. The molecule has 4 rings (SSSR count). The molecule has 0 spiro atoms. The molecule has 2 heterocycles. The number of likely N-dealkylation sites (tertiary alicyclic amines) is 1. The van der Waals surface area contributed by atoms with Crippen LogP contribution in [0.2, 0.25) is 5.02 Å². The second-order valence-corrected chi connectivity index (χ2v) is 9.13. The molecule has 1 aliphatic rings. The third-order valence-corrected chi connectivity index (χ3v) is 7.32. The van der Waals surface area contributed by atoms with Gasteiger partial charge in [0.2, 0.25) is 0 Å². The summed E-state index contributed by atoms with van der Waals surface area (Å²) in [5.41, 5.74) is 3.22. The third-order valence-electron chi connectivity index (χ3n) is 5.54. The molecule has 1 N–H and O–H groups in total. The maximum atomic E-state index is 11.3. The Labute approximate surface area is 195 Å². The van der Waals surface area contributed by atoms with E-state index in [-0.39, 0.29) is 10.6 Å². The number of nitrogens with zero attached hydrogens (tertiary/aromatic N) is 3. The average Bonchev–Trinajstić information content (AvgIpc) is 3.27. The molecule has 0 unspecified atom stereocenters. The van der Waals surface area contributed by atoms with Gasteiger partial charge in [0.15, 0.2) is 5.11 Å². The highest BCUT2D eigenvalue weighted by atomic mass is 35.5. The zero-order valence-corrected chi connectivity index (χ0v) is 19.3. The van der Waals surface area contributed by atoms with Crippen molar-refractivity contribution in [2.24, 2.45) is 0 Å². The van der Waals surface area contributed by atoms with Gasteiger partial charge in [0.25, 0.3) is 5.69 Å². The van der Waals surface area contributed by atoms with Crippen LogP contribution in [0.15, 0.2) is 47.8 Å². The SMILES string of the molecule is Cc1c(Cl)cccc1NC(=S)N1CCC(c2nc(-c3ccccc3[N+](=O)[O-])cs2)CC1. The fourth-order valence-corrected chi connectivity index (χ4v) is 5.17. The highest BCUT2D eigenvalue weighted by molar-refractivity contribution is 7.80. The fourth-order valence-electron chi connectivity index (χ4n) is 3.71. The first-order valence-electron chi connectivity index (χ1n) is 9.94. The van der Waals surface area contributed by atoms with Crippen LogP contribution in [-0.4, -0.2) is 33.0 Å². The van der Waals surface area contributed by atoms with Crippen LogP contribution in [0, 0.1) is 17.0 Å². The smallest absolute Gasteiger partial charge is 0.278 e. The summed E-state index contributed by atoms with van der Waals surface area (Å²) in [7, 11) is 0. The molecule has 1 fully saturated rings. The number of aromatic nitrogens is 1. The number of nitro groups is 1. The Morgan fingerprint density at radius 2 is 2.00 bits per heavy atom. The lowest BCUT2D eigenvalue weighted by atomic mass is 9.98. The topological polar surface area (TPSA) is 71.3 Å². The first-order valence-corrected chi connectivity index (χ1v) is 11.6. The van der Waals surface area contributed by atoms with E-state index in [2.05, 4.69) is 10.2 Å². The molecule has 0 atom stereocenters. The lowest BCUT2D eigenvalue weighted by Crippen LogP contribution is -2.40. The average molecular weight is 473 g/mol. The van der Waals surface area contributed by atoms with Crippen molar-refractivity contribution >= 4 is 51.6 Å². The van der Waals surface area contributed by atoms with Crippen LogP contribution in [0.5, 0.6) is 0 Å². The number of thiocarbonyl (C=S) groups is 1. The predicted molar refractivity (Wildman–Crippen MR) is 130 cm³/mol. The Morgan fingerprint density at radius 3 is 2.74 bits per heavy atom. The minimum atomic E-state index is -0.359. The highest BCUT2D eigenvalue weighted by Crippen LogP contribution is 2.36. The van der Waals surface area contributed by atoms with Gasteiger partial charge in [0, 0.05) is 41.2 Å². The maximum Gasteiger partial charge on any atom is 0.278 e. The second kappa shape index (κ2) is 9.30. The van der Waals surface area contributed by atoms with Crippen LogP contribution in [-0.2, 0) is 0 Å². The zero-order chi connectivity index (χ0) is 22.0. The Morgan fingerprint density at radius 1 is 1.26 bits per heavy atom. The van der Waals surface area contributed by atoms with Gasteiger partial charge >= 0.3 is 0 Å². The van der Waals surface area contributed by atoms with Gasteiger partial charge in [-0.2, -0.15) is 0 Å². The van der Waals surface area contributed by atoms with Crippen LogP contribution < -0.4 is 5.32 Å². The maximum absolute atomic E-state index is 11.3. The molecule has 6 nitrogen and oxygen atoms in total. The van der Waals surface area contributed by atoms with Gasteiger partial charge in [-0.3, -0.25) is 10.1 Å². The van der Waals surface area contributed by atoms with Gasteiger partial charge in [-0.05, 0) is 55.7 Å². The number of thiazole rings is 1. The molecule has 1 aliphatic heterocycles. The summed E-state index contributed by atoms with van der Waals surface area (Å²) in [6.45, 7) is 3.63. The summed E-state index contributed by atoms with van der Waals surface area (Å²) in [6.07, 6.45) is 1.86. The molecule has 9 heteroatoms. The van der Waals surface area contributed by atoms with Gasteiger partial charge in [-0.1, -0.05) is 29.8 Å². The standard InChI is InChI=1S/C22H21ClN4O2S2/c1-14-17(23)6-4-7-18(14)25-22(30)26-11-9-15(10-12-26)21-24-19(13-31-21)16-5-2-3-8-20(16)27(28)29/h2-8,13,15H,9-12H2,1H3,(H,25,30). The number of nitro benzene ring substituents is 1. The van der Waals surface area contributed by atoms with E-state index < -0.39 is 0 Å². The fraction of sp³-hybridized carbons (Fsp3) is 0.273. The molecule has 1 aromatic heterocycles. The summed E-state index contributed by atoms with van der Waals surface area (Å²) < 4.78 is 0. The van der Waals surface area contributed by atoms with Crippen molar-refractivity contribution in [3.05, 3.63) is 73.6 Å². The lowest BCUT2D eigenvalue weighted by Gasteiger charge is -2.33. The minimum Gasteiger partial charge on any atom is -0.349 e. The predicted octanol–water partition coefficient (Wildman–Crippen LogP) is 6.26. The number of benzene rings is 2. The number of hydrogen-bond acceptors (Lipinski definition) is 5. The Hall–Kier alpha value is -2.55. The largest absolute Gasteiger partial charge is 0.349 e. The van der Waals surface area contributed by atoms with Crippen LogP contribution in [0.4, 0.5) is 11.4 Å². The zero-order valence-electron chi connectivity index (χ0n) is 16.9. The molecule has 31 heavy (non-hydrogen) atoms. The first kappa shape index (κ1) is 21.7. The van der Waals surface area contributed by atoms with E-state index in [1.807, 2.05) is 30.5 Å². The van der Waals surface area contributed by atoms with E-state index in [9.17, 15) is 10.1 Å². The molecule has 0 saturated carbocycles. The molecule has 1 saturated heterocycles. The number of nitrogens with one attached hydrogen (secondary N) is 1. The third kappa shape index (κ3) is 4.71. The van der Waals surface area contributed by atoms with E-state index in [4.69, 9.17) is 28.8 Å². The molecule has 0 bridgehead atoms. The number of halogens is 1. The van der Waals surface area contributed by atoms with Crippen molar-refractivity contribution in [2.75, 3.05) is 18.4 Å². The van der Waals surface area contributed by atoms with Crippen molar-refractivity contribution in [1.82, 2.24) is 9.88 Å². The van der Waals surface area contributed by atoms with Crippen molar-refractivity contribution in [2.45, 2.75) is 25.7 Å². The van der Waals surface area contributed by atoms with Gasteiger partial charge in [0.1, 0.15) is 0 Å². The normalized spacial score (nSPS) is 14.5. The molecule has 2 aromatic carbocycles. The molecule has 3 aromatic rings. The second-order valence-electron chi connectivity index (χ2n) is 7.45. The van der Waals surface area contributed by atoms with Crippen LogP contribution in [0.1, 0.15) is 29.3 Å². The quantitative estimate of drug-likeness (QED) is 0.274. The summed E-state index contributed by atoms with van der Waals surface area (Å²) in [5, 5.41) is 19.0. The molecule has 160 valence electrons. The Bertz CT molecular complexity index is 1130. The number of rotatable bonds is 4. The van der Waals surface area contributed by atoms with Crippen molar-refractivity contribution < 1.29 is 4.92 Å². The Balaban J connectivity index is 1.40. The Kier molecular flexibility index (Phi) is 6.50. The molecule has 0 amide bonds. The van der Waals surface area contributed by atoms with E-state index in [1.54, 1.807) is 29.5 Å². The van der Waals surface area contributed by atoms with Crippen LogP contribution in [0.3, 0.4) is 0 Å². The van der Waals surface area contributed by atoms with Gasteiger partial charge < -0.3 is 10.2 Å². The van der Waals surface area contributed by atoms with Crippen molar-refractivity contribution in [1.29, 1.82) is 0 Å². The highest BCUT2D eigenvalue weighted by Gasteiger charge is 2.26. The summed E-state index contributed by atoms with van der Waals surface area (Å²) in [5.74, 6) is 0.327. The monoisotopic (exact) mass is 472 g/mol. The van der Waals surface area contributed by atoms with E-state index in [0.717, 1.165) is 42.2 Å². The van der Waals surface area contributed by atoms with Gasteiger partial charge in [-0.25, -0.2) is 4.98 Å². The number of hydrogen-bond donors (Lipinski definition) is 1. The van der Waals surface area contributed by atoms with E-state index in [1.165, 1.54) is 6.07 Å². The number of piperidine rings is 1. The number of anilines is 1. The molecule has 0 aliphatic carbocycles. The van der Waals surface area contributed by atoms with E-state index in [0.29, 0.717) is 27.3 Å².